The van der Waals surface area contributed by atoms with E-state index in [4.69, 9.17) is 18.9 Å². The van der Waals surface area contributed by atoms with E-state index < -0.39 is 0 Å². The van der Waals surface area contributed by atoms with E-state index in [1.54, 1.807) is 0 Å². The predicted molar refractivity (Wildman–Crippen MR) is 139 cm³/mol. The standard InChI is InChI=1S/C29H37N5O3/c1-19-5-4-6-23(17-19)25-30-24(20(2)36-25)18-33-13-9-22(10-14-33)27(35)34-15-11-29(3,12-16-34)28-31-26(37-32-28)21-7-8-21/h4-6,17,21-22H,7-16,18H2,1-3H3. The minimum Gasteiger partial charge on any atom is -0.441 e. The Bertz CT molecular complexity index is 1260. The van der Waals surface area contributed by atoms with Gasteiger partial charge in [0.25, 0.3) is 0 Å². The monoisotopic (exact) mass is 503 g/mol. The highest BCUT2D eigenvalue weighted by Crippen LogP contribution is 2.41. The van der Waals surface area contributed by atoms with Gasteiger partial charge in [0.15, 0.2) is 5.82 Å². The van der Waals surface area contributed by atoms with Gasteiger partial charge in [-0.15, -0.1) is 0 Å². The van der Waals surface area contributed by atoms with Crippen LogP contribution < -0.4 is 0 Å². The van der Waals surface area contributed by atoms with Gasteiger partial charge in [0, 0.05) is 42.4 Å². The number of piperidine rings is 2. The number of amides is 1. The fourth-order valence-electron chi connectivity index (χ4n) is 5.71. The molecule has 8 heteroatoms. The molecule has 0 atom stereocenters. The molecule has 196 valence electrons. The number of aryl methyl sites for hydroxylation is 2. The first-order valence-corrected chi connectivity index (χ1v) is 13.8. The zero-order valence-corrected chi connectivity index (χ0v) is 22.2. The number of benzene rings is 1. The lowest BCUT2D eigenvalue weighted by Crippen LogP contribution is -2.48. The molecular formula is C29H37N5O3. The molecule has 0 radical (unpaired) electrons. The smallest absolute Gasteiger partial charge is 0.229 e. The van der Waals surface area contributed by atoms with Gasteiger partial charge in [-0.05, 0) is 77.6 Å². The number of oxazole rings is 1. The van der Waals surface area contributed by atoms with Crippen molar-refractivity contribution < 1.29 is 13.7 Å². The Balaban J connectivity index is 1.00. The van der Waals surface area contributed by atoms with Gasteiger partial charge in [-0.2, -0.15) is 4.98 Å². The largest absolute Gasteiger partial charge is 0.441 e. The van der Waals surface area contributed by atoms with Crippen molar-refractivity contribution in [3.8, 4) is 11.5 Å². The Kier molecular flexibility index (Phi) is 6.39. The molecular weight excluding hydrogens is 466 g/mol. The second-order valence-corrected chi connectivity index (χ2v) is 11.6. The van der Waals surface area contributed by atoms with Gasteiger partial charge in [0.2, 0.25) is 17.7 Å². The third-order valence-corrected chi connectivity index (χ3v) is 8.55. The molecule has 6 rings (SSSR count). The van der Waals surface area contributed by atoms with Crippen molar-refractivity contribution in [3.05, 3.63) is 53.0 Å². The molecule has 0 N–H and O–H groups in total. The number of nitrogens with zero attached hydrogens (tertiary/aromatic N) is 5. The van der Waals surface area contributed by atoms with Crippen LogP contribution in [0, 0.1) is 19.8 Å². The third kappa shape index (κ3) is 5.08. The SMILES string of the molecule is Cc1cccc(-c2nc(CN3CCC(C(=O)N4CCC(C)(c5noc(C6CC6)n5)CC4)CC3)c(C)o2)c1. The van der Waals surface area contributed by atoms with Crippen molar-refractivity contribution in [1.82, 2.24) is 24.9 Å². The molecule has 2 saturated heterocycles. The van der Waals surface area contributed by atoms with Crippen molar-refractivity contribution >= 4 is 5.91 Å². The highest BCUT2D eigenvalue weighted by atomic mass is 16.5. The summed E-state index contributed by atoms with van der Waals surface area (Å²) in [6.45, 7) is 10.4. The van der Waals surface area contributed by atoms with Gasteiger partial charge in [0.05, 0.1) is 5.69 Å². The van der Waals surface area contributed by atoms with Crippen LogP contribution in [0.15, 0.2) is 33.2 Å². The normalized spacial score (nSPS) is 20.9. The van der Waals surface area contributed by atoms with Gasteiger partial charge >= 0.3 is 0 Å². The Labute approximate surface area is 218 Å². The summed E-state index contributed by atoms with van der Waals surface area (Å²) >= 11 is 0. The third-order valence-electron chi connectivity index (χ3n) is 8.55. The van der Waals surface area contributed by atoms with Crippen molar-refractivity contribution in [1.29, 1.82) is 0 Å². The van der Waals surface area contributed by atoms with Crippen LogP contribution in [0.2, 0.25) is 0 Å². The van der Waals surface area contributed by atoms with Crippen LogP contribution in [0.1, 0.15) is 80.1 Å². The molecule has 1 saturated carbocycles. The van der Waals surface area contributed by atoms with Crippen LogP contribution in [-0.4, -0.2) is 57.0 Å². The maximum absolute atomic E-state index is 13.3. The first-order chi connectivity index (χ1) is 17.9. The van der Waals surface area contributed by atoms with E-state index in [9.17, 15) is 4.79 Å². The summed E-state index contributed by atoms with van der Waals surface area (Å²) in [6.07, 6.45) is 5.87. The Hall–Kier alpha value is -3.00. The summed E-state index contributed by atoms with van der Waals surface area (Å²) in [5, 5.41) is 4.30. The Morgan fingerprint density at radius 2 is 1.81 bits per heavy atom. The summed E-state index contributed by atoms with van der Waals surface area (Å²) in [6, 6.07) is 8.25. The topological polar surface area (TPSA) is 88.5 Å². The number of likely N-dealkylation sites (tertiary alicyclic amines) is 2. The van der Waals surface area contributed by atoms with E-state index in [0.717, 1.165) is 100.0 Å². The van der Waals surface area contributed by atoms with Crippen LogP contribution in [-0.2, 0) is 16.8 Å². The highest BCUT2D eigenvalue weighted by Gasteiger charge is 2.40. The molecule has 0 spiro atoms. The van der Waals surface area contributed by atoms with Crippen molar-refractivity contribution in [2.24, 2.45) is 5.92 Å². The van der Waals surface area contributed by atoms with Crippen LogP contribution in [0.5, 0.6) is 0 Å². The van der Waals surface area contributed by atoms with Crippen LogP contribution in [0.4, 0.5) is 0 Å². The van der Waals surface area contributed by atoms with Gasteiger partial charge in [-0.1, -0.05) is 29.8 Å². The fraction of sp³-hybridized carbons (Fsp3) is 0.586. The molecule has 0 bridgehead atoms. The van der Waals surface area contributed by atoms with E-state index in [-0.39, 0.29) is 11.3 Å². The predicted octanol–water partition coefficient (Wildman–Crippen LogP) is 5.01. The lowest BCUT2D eigenvalue weighted by molar-refractivity contribution is -0.138. The number of aromatic nitrogens is 3. The van der Waals surface area contributed by atoms with Gasteiger partial charge in [0.1, 0.15) is 5.76 Å². The molecule has 8 nitrogen and oxygen atoms in total. The van der Waals surface area contributed by atoms with E-state index >= 15 is 0 Å². The minimum absolute atomic E-state index is 0.105. The van der Waals surface area contributed by atoms with E-state index in [2.05, 4.69) is 40.9 Å². The number of carbonyl (C=O) groups excluding carboxylic acids is 1. The first-order valence-electron chi connectivity index (χ1n) is 13.8. The molecule has 3 aliphatic rings. The van der Waals surface area contributed by atoms with Gasteiger partial charge in [-0.25, -0.2) is 4.98 Å². The Morgan fingerprint density at radius 1 is 1.05 bits per heavy atom. The summed E-state index contributed by atoms with van der Waals surface area (Å²) in [5.41, 5.74) is 3.09. The Morgan fingerprint density at radius 3 is 2.51 bits per heavy atom. The summed E-state index contributed by atoms with van der Waals surface area (Å²) < 4.78 is 11.5. The number of rotatable bonds is 6. The van der Waals surface area contributed by atoms with E-state index in [1.807, 2.05) is 19.1 Å². The summed E-state index contributed by atoms with van der Waals surface area (Å²) in [5.74, 6) is 4.07. The van der Waals surface area contributed by atoms with Crippen molar-refractivity contribution in [3.63, 3.8) is 0 Å². The quantitative estimate of drug-likeness (QED) is 0.467. The van der Waals surface area contributed by atoms with Crippen molar-refractivity contribution in [2.45, 2.75) is 77.2 Å². The molecule has 3 fully saturated rings. The average Bonchev–Trinajstić information content (AvgIpc) is 3.51. The van der Waals surface area contributed by atoms with Crippen LogP contribution in [0.3, 0.4) is 0 Å². The molecule has 1 aromatic carbocycles. The lowest BCUT2D eigenvalue weighted by Gasteiger charge is -2.40. The first kappa shape index (κ1) is 24.3. The zero-order chi connectivity index (χ0) is 25.6. The highest BCUT2D eigenvalue weighted by molar-refractivity contribution is 5.79. The van der Waals surface area contributed by atoms with Gasteiger partial charge < -0.3 is 13.8 Å². The zero-order valence-electron chi connectivity index (χ0n) is 22.2. The molecule has 4 heterocycles. The van der Waals surface area contributed by atoms with Crippen LogP contribution in [0.25, 0.3) is 11.5 Å². The minimum atomic E-state index is -0.108. The maximum atomic E-state index is 13.3. The van der Waals surface area contributed by atoms with Gasteiger partial charge in [-0.3, -0.25) is 9.69 Å². The molecule has 1 aliphatic carbocycles. The number of hydrogen-bond acceptors (Lipinski definition) is 7. The molecule has 1 amide bonds. The average molecular weight is 504 g/mol. The number of carbonyl (C=O) groups is 1. The van der Waals surface area contributed by atoms with E-state index in [1.165, 1.54) is 5.56 Å². The second kappa shape index (κ2) is 9.71. The lowest BCUT2D eigenvalue weighted by atomic mass is 9.79. The van der Waals surface area contributed by atoms with E-state index in [0.29, 0.717) is 17.7 Å². The fourth-order valence-corrected chi connectivity index (χ4v) is 5.71. The molecule has 0 unspecified atom stereocenters. The molecule has 37 heavy (non-hydrogen) atoms. The molecule has 2 aliphatic heterocycles. The second-order valence-electron chi connectivity index (χ2n) is 11.6. The number of hydrogen-bond donors (Lipinski definition) is 0. The summed E-state index contributed by atoms with van der Waals surface area (Å²) in [7, 11) is 0. The molecule has 2 aromatic heterocycles. The molecule has 3 aromatic rings. The van der Waals surface area contributed by atoms with Crippen LogP contribution >= 0.6 is 0 Å². The van der Waals surface area contributed by atoms with Crippen molar-refractivity contribution in [2.75, 3.05) is 26.2 Å². The summed E-state index contributed by atoms with van der Waals surface area (Å²) in [4.78, 5) is 27.3. The maximum Gasteiger partial charge on any atom is 0.229 e.